The summed E-state index contributed by atoms with van der Waals surface area (Å²) < 4.78 is 0. The first-order valence-electron chi connectivity index (χ1n) is 9.73. The second-order valence-corrected chi connectivity index (χ2v) is 7.22. The molecule has 0 unspecified atom stereocenters. The highest BCUT2D eigenvalue weighted by Crippen LogP contribution is 2.34. The topological polar surface area (TPSA) is 98.8 Å². The van der Waals surface area contributed by atoms with Crippen molar-refractivity contribution >= 4 is 29.4 Å². The van der Waals surface area contributed by atoms with Crippen LogP contribution in [0.5, 0.6) is 0 Å². The van der Waals surface area contributed by atoms with Crippen LogP contribution in [-0.4, -0.2) is 58.7 Å². The summed E-state index contributed by atoms with van der Waals surface area (Å²) >= 11 is 0. The maximum atomic E-state index is 12.6. The third kappa shape index (κ3) is 3.72. The van der Waals surface area contributed by atoms with Gasteiger partial charge in [-0.1, -0.05) is 18.9 Å². The van der Waals surface area contributed by atoms with Crippen LogP contribution in [0.3, 0.4) is 0 Å². The maximum absolute atomic E-state index is 12.6. The second-order valence-electron chi connectivity index (χ2n) is 7.22. The number of anilines is 1. The molecule has 2 fully saturated rings. The van der Waals surface area contributed by atoms with Gasteiger partial charge in [0, 0.05) is 24.3 Å². The van der Waals surface area contributed by atoms with Crippen molar-refractivity contribution in [3.05, 3.63) is 29.8 Å². The number of imide groups is 1. The molecular formula is C20H26N4O4. The molecule has 5 amide bonds. The minimum atomic E-state index is -0.826. The Morgan fingerprint density at radius 1 is 1.18 bits per heavy atom. The quantitative estimate of drug-likeness (QED) is 0.730. The van der Waals surface area contributed by atoms with E-state index in [1.165, 1.54) is 0 Å². The van der Waals surface area contributed by atoms with Crippen molar-refractivity contribution in [3.8, 4) is 0 Å². The van der Waals surface area contributed by atoms with Gasteiger partial charge in [-0.05, 0) is 44.9 Å². The third-order valence-corrected chi connectivity index (χ3v) is 5.45. The molecule has 1 aliphatic heterocycles. The number of nitrogens with one attached hydrogen (secondary N) is 2. The first-order chi connectivity index (χ1) is 13.4. The second kappa shape index (κ2) is 8.00. The van der Waals surface area contributed by atoms with E-state index in [2.05, 4.69) is 10.6 Å². The molecule has 1 aromatic carbocycles. The molecular weight excluding hydrogens is 360 g/mol. The van der Waals surface area contributed by atoms with E-state index < -0.39 is 17.5 Å². The van der Waals surface area contributed by atoms with Crippen LogP contribution in [0.15, 0.2) is 24.3 Å². The van der Waals surface area contributed by atoms with Gasteiger partial charge in [0.25, 0.3) is 11.8 Å². The first kappa shape index (κ1) is 19.9. The zero-order valence-electron chi connectivity index (χ0n) is 16.3. The molecule has 0 atom stereocenters. The molecule has 150 valence electrons. The number of amides is 5. The van der Waals surface area contributed by atoms with E-state index in [9.17, 15) is 19.2 Å². The Hall–Kier alpha value is -2.90. The predicted molar refractivity (Wildman–Crippen MR) is 104 cm³/mol. The molecule has 1 saturated carbocycles. The fraction of sp³-hybridized carbons (Fsp3) is 0.500. The summed E-state index contributed by atoms with van der Waals surface area (Å²) in [6.07, 6.45) is 3.01. The van der Waals surface area contributed by atoms with Crippen LogP contribution in [0.2, 0.25) is 0 Å². The zero-order chi connectivity index (χ0) is 20.3. The van der Waals surface area contributed by atoms with Crippen LogP contribution < -0.4 is 10.6 Å². The van der Waals surface area contributed by atoms with Crippen LogP contribution in [-0.2, 0) is 9.59 Å². The summed E-state index contributed by atoms with van der Waals surface area (Å²) in [6, 6.07) is 6.13. The third-order valence-electron chi connectivity index (χ3n) is 5.45. The van der Waals surface area contributed by atoms with Gasteiger partial charge in [0.2, 0.25) is 5.91 Å². The molecule has 0 aromatic heterocycles. The Labute approximate surface area is 164 Å². The SMILES string of the molecule is CCN(CC)C(=O)c1cccc(NC(=O)CN2C(=O)NC3(CCCC3)C2=O)c1. The Morgan fingerprint density at radius 3 is 2.50 bits per heavy atom. The van der Waals surface area contributed by atoms with Gasteiger partial charge in [-0.3, -0.25) is 19.3 Å². The number of carbonyl (C=O) groups excluding carboxylic acids is 4. The highest BCUT2D eigenvalue weighted by atomic mass is 16.2. The van der Waals surface area contributed by atoms with Crippen LogP contribution in [0.1, 0.15) is 49.9 Å². The molecule has 1 aromatic rings. The van der Waals surface area contributed by atoms with Crippen molar-refractivity contribution < 1.29 is 19.2 Å². The first-order valence-corrected chi connectivity index (χ1v) is 9.73. The average Bonchev–Trinajstić information content (AvgIpc) is 3.24. The van der Waals surface area contributed by atoms with E-state index in [-0.39, 0.29) is 18.4 Å². The van der Waals surface area contributed by atoms with Gasteiger partial charge in [0.05, 0.1) is 0 Å². The Morgan fingerprint density at radius 2 is 1.86 bits per heavy atom. The fourth-order valence-electron chi connectivity index (χ4n) is 3.90. The molecule has 1 spiro atoms. The number of carbonyl (C=O) groups is 4. The lowest BCUT2D eigenvalue weighted by Crippen LogP contribution is -2.44. The van der Waals surface area contributed by atoms with Crippen molar-refractivity contribution in [2.24, 2.45) is 0 Å². The summed E-state index contributed by atoms with van der Waals surface area (Å²) in [7, 11) is 0. The van der Waals surface area contributed by atoms with Gasteiger partial charge in [-0.25, -0.2) is 4.79 Å². The van der Waals surface area contributed by atoms with Gasteiger partial charge >= 0.3 is 6.03 Å². The van der Waals surface area contributed by atoms with Crippen LogP contribution in [0.4, 0.5) is 10.5 Å². The van der Waals surface area contributed by atoms with Gasteiger partial charge < -0.3 is 15.5 Å². The largest absolute Gasteiger partial charge is 0.339 e. The van der Waals surface area contributed by atoms with Gasteiger partial charge in [-0.2, -0.15) is 0 Å². The van der Waals surface area contributed by atoms with Crippen molar-refractivity contribution in [2.75, 3.05) is 25.0 Å². The predicted octanol–water partition coefficient (Wildman–Crippen LogP) is 1.97. The summed E-state index contributed by atoms with van der Waals surface area (Å²) in [5.41, 5.74) is 0.0973. The minimum absolute atomic E-state index is 0.113. The highest BCUT2D eigenvalue weighted by Gasteiger charge is 2.52. The zero-order valence-corrected chi connectivity index (χ0v) is 16.3. The molecule has 8 heteroatoms. The Bertz CT molecular complexity index is 797. The molecule has 2 N–H and O–H groups in total. The number of urea groups is 1. The molecule has 1 saturated heterocycles. The van der Waals surface area contributed by atoms with E-state index >= 15 is 0 Å². The lowest BCUT2D eigenvalue weighted by atomic mass is 9.98. The van der Waals surface area contributed by atoms with Crippen molar-refractivity contribution in [1.29, 1.82) is 0 Å². The summed E-state index contributed by atoms with van der Waals surface area (Å²) in [4.78, 5) is 52.3. The average molecular weight is 386 g/mol. The summed E-state index contributed by atoms with van der Waals surface area (Å²) in [5.74, 6) is -0.917. The standard InChI is InChI=1S/C20H26N4O4/c1-3-23(4-2)17(26)14-8-7-9-15(12-14)21-16(25)13-24-18(27)20(22-19(24)28)10-5-6-11-20/h7-9,12H,3-6,10-11,13H2,1-2H3,(H,21,25)(H,22,28). The molecule has 0 bridgehead atoms. The Balaban J connectivity index is 1.65. The van der Waals surface area contributed by atoms with Crippen molar-refractivity contribution in [3.63, 3.8) is 0 Å². The lowest BCUT2D eigenvalue weighted by molar-refractivity contribution is -0.133. The summed E-state index contributed by atoms with van der Waals surface area (Å²) in [5, 5.41) is 5.43. The number of rotatable bonds is 6. The van der Waals surface area contributed by atoms with E-state index in [0.717, 1.165) is 17.7 Å². The number of benzene rings is 1. The number of nitrogens with zero attached hydrogens (tertiary/aromatic N) is 2. The molecule has 8 nitrogen and oxygen atoms in total. The van der Waals surface area contributed by atoms with Gasteiger partial charge in [0.15, 0.2) is 0 Å². The molecule has 3 rings (SSSR count). The molecule has 0 radical (unpaired) electrons. The Kier molecular flexibility index (Phi) is 5.67. The normalized spacial score (nSPS) is 17.7. The number of hydrogen-bond donors (Lipinski definition) is 2. The van der Waals surface area contributed by atoms with Gasteiger partial charge in [-0.15, -0.1) is 0 Å². The molecule has 28 heavy (non-hydrogen) atoms. The fourth-order valence-corrected chi connectivity index (χ4v) is 3.90. The van der Waals surface area contributed by atoms with E-state index in [0.29, 0.717) is 37.2 Å². The minimum Gasteiger partial charge on any atom is -0.339 e. The number of hydrogen-bond acceptors (Lipinski definition) is 4. The van der Waals surface area contributed by atoms with E-state index in [1.807, 2.05) is 13.8 Å². The maximum Gasteiger partial charge on any atom is 0.325 e. The molecule has 1 aliphatic carbocycles. The van der Waals surface area contributed by atoms with Crippen LogP contribution in [0.25, 0.3) is 0 Å². The van der Waals surface area contributed by atoms with Gasteiger partial charge in [0.1, 0.15) is 12.1 Å². The van der Waals surface area contributed by atoms with Crippen LogP contribution >= 0.6 is 0 Å². The molecule has 2 aliphatic rings. The van der Waals surface area contributed by atoms with Crippen LogP contribution in [0, 0.1) is 0 Å². The summed E-state index contributed by atoms with van der Waals surface area (Å²) in [6.45, 7) is 4.66. The van der Waals surface area contributed by atoms with E-state index in [4.69, 9.17) is 0 Å². The van der Waals surface area contributed by atoms with Crippen molar-refractivity contribution in [2.45, 2.75) is 45.1 Å². The van der Waals surface area contributed by atoms with E-state index in [1.54, 1.807) is 29.2 Å². The van der Waals surface area contributed by atoms with Crippen molar-refractivity contribution in [1.82, 2.24) is 15.1 Å². The highest BCUT2D eigenvalue weighted by molar-refractivity contribution is 6.10. The lowest BCUT2D eigenvalue weighted by Gasteiger charge is -2.20. The monoisotopic (exact) mass is 386 g/mol. The smallest absolute Gasteiger partial charge is 0.325 e. The molecule has 1 heterocycles.